The average Bonchev–Trinajstić information content (AvgIpc) is 3.37. The molecule has 4 aromatic carbocycles. The van der Waals surface area contributed by atoms with Crippen LogP contribution in [0.5, 0.6) is 17.2 Å². The van der Waals surface area contributed by atoms with Gasteiger partial charge in [0.15, 0.2) is 0 Å². The lowest BCUT2D eigenvalue weighted by Gasteiger charge is -2.49. The van der Waals surface area contributed by atoms with Crippen molar-refractivity contribution in [1.82, 2.24) is 0 Å². The first-order chi connectivity index (χ1) is 33.7. The molecule has 0 aromatic heterocycles. The molecule has 0 spiro atoms. The molecule has 0 saturated heterocycles. The monoisotopic (exact) mass is 908 g/mol. The van der Waals surface area contributed by atoms with Gasteiger partial charge in [-0.3, -0.25) is 0 Å². The second kappa shape index (κ2) is 28.9. The van der Waals surface area contributed by atoms with Gasteiger partial charge in [-0.1, -0.05) is 162 Å². The van der Waals surface area contributed by atoms with Gasteiger partial charge in [0, 0.05) is 52.3 Å². The lowest BCUT2D eigenvalue weighted by atomic mass is 9.52. The maximum atomic E-state index is 8.93. The number of nitrogens with zero attached hydrogens (tertiary/aromatic N) is 3. The van der Waals surface area contributed by atoms with E-state index in [1.54, 1.807) is 0 Å². The smallest absolute Gasteiger partial charge is 0.123 e. The van der Waals surface area contributed by atoms with Gasteiger partial charge in [-0.25, -0.2) is 0 Å². The third-order valence-electron chi connectivity index (χ3n) is 13.6. The molecule has 2 bridgehead atoms. The second-order valence-electron chi connectivity index (χ2n) is 18.5. The van der Waals surface area contributed by atoms with E-state index in [1.165, 1.54) is 77.0 Å². The van der Waals surface area contributed by atoms with E-state index in [9.17, 15) is 0 Å². The zero-order chi connectivity index (χ0) is 47.5. The minimum Gasteiger partial charge on any atom is -0.493 e. The minimum atomic E-state index is -0.838. The van der Waals surface area contributed by atoms with Gasteiger partial charge in [-0.05, 0) is 96.6 Å². The molecule has 0 radical (unpaired) electrons. The van der Waals surface area contributed by atoms with Gasteiger partial charge in [-0.15, -0.1) is 37.0 Å². The third kappa shape index (κ3) is 14.0. The summed E-state index contributed by atoms with van der Waals surface area (Å²) in [6.07, 6.45) is 43.3. The maximum absolute atomic E-state index is 8.93. The molecule has 4 aromatic rings. The number of hydrogen-bond acceptors (Lipinski definition) is 4. The fourth-order valence-corrected chi connectivity index (χ4v) is 10.1. The summed E-state index contributed by atoms with van der Waals surface area (Å²) < 4.78 is 20.7. The number of azide groups is 1. The summed E-state index contributed by atoms with van der Waals surface area (Å²) in [5.41, 5.74) is 16.8. The van der Waals surface area contributed by atoms with E-state index in [1.807, 2.05) is 24.3 Å². The van der Waals surface area contributed by atoms with Gasteiger partial charge in [0.05, 0.1) is 26.4 Å². The molecule has 6 heteroatoms. The number of ether oxygens (including phenoxy) is 3. The molecular weight excluding hydrogens is 835 g/mol. The molecular formula is C62H73N3O3. The van der Waals surface area contributed by atoms with Crippen LogP contribution in [0.3, 0.4) is 0 Å². The van der Waals surface area contributed by atoms with Crippen molar-refractivity contribution in [1.29, 1.82) is 0 Å². The molecule has 0 heterocycles. The van der Waals surface area contributed by atoms with Crippen molar-refractivity contribution in [2.24, 2.45) is 5.11 Å². The first-order valence-corrected chi connectivity index (χ1v) is 25.9. The van der Waals surface area contributed by atoms with E-state index in [0.717, 1.165) is 139 Å². The Kier molecular flexibility index (Phi) is 21.8. The second-order valence-corrected chi connectivity index (χ2v) is 18.5. The zero-order valence-electron chi connectivity index (χ0n) is 40.7. The van der Waals surface area contributed by atoms with Crippen LogP contribution in [0.1, 0.15) is 205 Å². The normalized spacial score (nSPS) is 14.7. The van der Waals surface area contributed by atoms with Crippen molar-refractivity contribution >= 4 is 0 Å². The summed E-state index contributed by atoms with van der Waals surface area (Å²) in [7, 11) is 0. The zero-order valence-corrected chi connectivity index (χ0v) is 40.7. The largest absolute Gasteiger partial charge is 0.493 e. The molecule has 0 amide bonds. The van der Waals surface area contributed by atoms with Gasteiger partial charge in [0.2, 0.25) is 0 Å². The van der Waals surface area contributed by atoms with Crippen molar-refractivity contribution < 1.29 is 14.2 Å². The van der Waals surface area contributed by atoms with Crippen LogP contribution in [0, 0.1) is 48.9 Å². The Morgan fingerprint density at radius 2 is 0.824 bits per heavy atom. The Balaban J connectivity index is 1.34. The van der Waals surface area contributed by atoms with Crippen LogP contribution < -0.4 is 14.2 Å². The summed E-state index contributed by atoms with van der Waals surface area (Å²) >= 11 is 0. The van der Waals surface area contributed by atoms with Crippen molar-refractivity contribution in [2.75, 3.05) is 19.8 Å². The highest BCUT2D eigenvalue weighted by molar-refractivity contribution is 5.81. The van der Waals surface area contributed by atoms with E-state index < -0.39 is 5.41 Å². The summed E-state index contributed by atoms with van der Waals surface area (Å²) in [5, 5.41) is 3.77. The maximum Gasteiger partial charge on any atom is 0.123 e. The fraction of sp³-hybridized carbons (Fsp3) is 0.484. The van der Waals surface area contributed by atoms with Crippen LogP contribution in [-0.4, -0.2) is 19.8 Å². The topological polar surface area (TPSA) is 76.5 Å². The Morgan fingerprint density at radius 1 is 0.471 bits per heavy atom. The van der Waals surface area contributed by atoms with Crippen molar-refractivity contribution in [3.8, 4) is 66.1 Å². The van der Waals surface area contributed by atoms with E-state index >= 15 is 0 Å². The summed E-state index contributed by atoms with van der Waals surface area (Å²) in [6, 6.07) is 27.7. The molecule has 0 atom stereocenters. The van der Waals surface area contributed by atoms with Gasteiger partial charge in [0.25, 0.3) is 0 Å². The SMILES string of the molecule is C#CCCCCCCCCCOc1cccc2c1C1c3c(OCCCCCCCCCC#C)cccc3C2(C#Cc2ccc(CN=[N+]=[N-])cc2)c2cccc(OCCCCCCCCCC#C)c21. The molecule has 0 saturated carbocycles. The van der Waals surface area contributed by atoms with Crippen molar-refractivity contribution in [2.45, 2.75) is 172 Å². The highest BCUT2D eigenvalue weighted by atomic mass is 16.5. The Labute approximate surface area is 409 Å². The predicted octanol–water partition coefficient (Wildman–Crippen LogP) is 16.1. The highest BCUT2D eigenvalue weighted by Gasteiger charge is 2.54. The minimum absolute atomic E-state index is 0.170. The quantitative estimate of drug-likeness (QED) is 0.0161. The predicted molar refractivity (Wildman–Crippen MR) is 280 cm³/mol. The molecule has 354 valence electrons. The molecule has 68 heavy (non-hydrogen) atoms. The Hall–Kier alpha value is -6.17. The molecule has 0 N–H and O–H groups in total. The third-order valence-corrected chi connectivity index (χ3v) is 13.6. The average molecular weight is 908 g/mol. The van der Waals surface area contributed by atoms with Crippen LogP contribution in [0.25, 0.3) is 10.4 Å². The molecule has 0 fully saturated rings. The van der Waals surface area contributed by atoms with Gasteiger partial charge in [0.1, 0.15) is 22.7 Å². The van der Waals surface area contributed by atoms with E-state index in [-0.39, 0.29) is 5.92 Å². The van der Waals surface area contributed by atoms with E-state index in [2.05, 4.69) is 94.2 Å². The van der Waals surface area contributed by atoms with E-state index in [4.69, 9.17) is 39.0 Å². The van der Waals surface area contributed by atoms with Crippen LogP contribution >= 0.6 is 0 Å². The molecule has 3 aliphatic carbocycles. The number of unbranched alkanes of at least 4 members (excludes halogenated alkanes) is 21. The summed E-state index contributed by atoms with van der Waals surface area (Å²) in [6.45, 7) is 2.23. The van der Waals surface area contributed by atoms with Crippen molar-refractivity contribution in [3.05, 3.63) is 134 Å². The highest BCUT2D eigenvalue weighted by Crippen LogP contribution is 2.64. The lowest BCUT2D eigenvalue weighted by molar-refractivity contribution is 0.289. The summed E-state index contributed by atoms with van der Waals surface area (Å²) in [4.78, 5) is 2.95. The van der Waals surface area contributed by atoms with Crippen molar-refractivity contribution in [3.63, 3.8) is 0 Å². The van der Waals surface area contributed by atoms with Crippen LogP contribution in [0.2, 0.25) is 0 Å². The van der Waals surface area contributed by atoms with Gasteiger partial charge < -0.3 is 14.2 Å². The Morgan fingerprint density at radius 3 is 1.18 bits per heavy atom. The van der Waals surface area contributed by atoms with E-state index in [0.29, 0.717) is 26.4 Å². The molecule has 6 nitrogen and oxygen atoms in total. The molecule has 0 aliphatic heterocycles. The van der Waals surface area contributed by atoms with Crippen LogP contribution in [0.15, 0.2) is 84.0 Å². The Bertz CT molecular complexity index is 2220. The molecule has 0 unspecified atom stereocenters. The van der Waals surface area contributed by atoms with Gasteiger partial charge >= 0.3 is 0 Å². The van der Waals surface area contributed by atoms with Crippen LogP contribution in [-0.2, 0) is 12.0 Å². The molecule has 3 aliphatic rings. The number of hydrogen-bond donors (Lipinski definition) is 0. The first-order valence-electron chi connectivity index (χ1n) is 25.9. The first kappa shape index (κ1) is 51.2. The lowest BCUT2D eigenvalue weighted by Crippen LogP contribution is -2.42. The van der Waals surface area contributed by atoms with Crippen LogP contribution in [0.4, 0.5) is 0 Å². The summed E-state index contributed by atoms with van der Waals surface area (Å²) in [5.74, 6) is 18.4. The number of rotatable bonds is 32. The number of benzene rings is 4. The number of terminal acetylenes is 3. The molecule has 7 rings (SSSR count). The fourth-order valence-electron chi connectivity index (χ4n) is 10.1. The van der Waals surface area contributed by atoms with Gasteiger partial charge in [-0.2, -0.15) is 0 Å². The standard InChI is InChI=1S/C62H73N3O3/c1-4-7-10-13-16-19-22-25-28-46-66-55-37-31-34-52-58(55)61-59-53(35-32-38-56(59)67-47-29-26-23-20-17-14-11-8-5-2)62(52,45-44-50-40-42-51(43-41-50)49-64-65-63)54-36-33-39-57(60(54)61)68-48-30-27-24-21-18-15-12-9-6-3/h1-3,31-43,61H,7-30,46-49H2.